The van der Waals surface area contributed by atoms with Crippen molar-refractivity contribution in [3.05, 3.63) is 31.3 Å². The first-order valence-electron chi connectivity index (χ1n) is 7.10. The molecule has 0 amide bonds. The summed E-state index contributed by atoms with van der Waals surface area (Å²) in [4.78, 5) is 41.5. The molecule has 3 rings (SSSR count). The third kappa shape index (κ3) is 2.28. The quantitative estimate of drug-likeness (QED) is 0.860. The van der Waals surface area contributed by atoms with Gasteiger partial charge in [-0.05, 0) is 45.5 Å². The number of aromatic nitrogens is 2. The highest BCUT2D eigenvalue weighted by Gasteiger charge is 2.25. The first-order valence-corrected chi connectivity index (χ1v) is 7.91. The molecule has 7 nitrogen and oxygen atoms in total. The number of nitrogens with one attached hydrogen (secondary N) is 1. The highest BCUT2D eigenvalue weighted by atomic mass is 32.1. The van der Waals surface area contributed by atoms with E-state index in [0.717, 1.165) is 37.3 Å². The Morgan fingerprint density at radius 3 is 2.55 bits per heavy atom. The number of likely N-dealkylation sites (tertiary alicyclic amines) is 1. The number of fused-ring (bicyclic) bond motifs is 1. The average molecular weight is 323 g/mol. The lowest BCUT2D eigenvalue weighted by molar-refractivity contribution is 0.0701. The fourth-order valence-corrected chi connectivity index (χ4v) is 4.05. The first-order chi connectivity index (χ1) is 10.4. The molecule has 3 heterocycles. The van der Waals surface area contributed by atoms with E-state index < -0.39 is 11.7 Å². The summed E-state index contributed by atoms with van der Waals surface area (Å²) >= 11 is 0.939. The van der Waals surface area contributed by atoms with Crippen LogP contribution in [0, 0.1) is 6.92 Å². The number of aromatic amines is 1. The van der Waals surface area contributed by atoms with E-state index in [-0.39, 0.29) is 16.5 Å². The van der Waals surface area contributed by atoms with E-state index in [0.29, 0.717) is 15.8 Å². The number of carbonyl (C=O) groups is 1. The monoisotopic (exact) mass is 323 g/mol. The van der Waals surface area contributed by atoms with Crippen molar-refractivity contribution in [3.8, 4) is 0 Å². The summed E-state index contributed by atoms with van der Waals surface area (Å²) in [5.74, 6) is -1.08. The first kappa shape index (κ1) is 15.0. The van der Waals surface area contributed by atoms with Gasteiger partial charge in [0.05, 0.1) is 5.39 Å². The zero-order valence-corrected chi connectivity index (χ0v) is 13.2. The maximum Gasteiger partial charge on any atom is 0.346 e. The van der Waals surface area contributed by atoms with Crippen LogP contribution in [0.5, 0.6) is 0 Å². The van der Waals surface area contributed by atoms with Gasteiger partial charge in [-0.1, -0.05) is 0 Å². The van der Waals surface area contributed by atoms with Gasteiger partial charge in [-0.25, -0.2) is 9.59 Å². The predicted octanol–water partition coefficient (Wildman–Crippen LogP) is 1.02. The third-order valence-electron chi connectivity index (χ3n) is 4.27. The normalized spacial score (nSPS) is 17.2. The van der Waals surface area contributed by atoms with Crippen LogP contribution in [0.15, 0.2) is 9.59 Å². The Morgan fingerprint density at radius 1 is 1.32 bits per heavy atom. The smallest absolute Gasteiger partial charge is 0.346 e. The van der Waals surface area contributed by atoms with E-state index in [9.17, 15) is 19.5 Å². The summed E-state index contributed by atoms with van der Waals surface area (Å²) in [5, 5.41) is 9.50. The summed E-state index contributed by atoms with van der Waals surface area (Å²) < 4.78 is 1.26. The number of aromatic carboxylic acids is 1. The molecule has 0 atom stereocenters. The number of carboxylic acids is 1. The number of hydrogen-bond acceptors (Lipinski definition) is 5. The van der Waals surface area contributed by atoms with Gasteiger partial charge >= 0.3 is 11.7 Å². The lowest BCUT2D eigenvalue weighted by atomic mass is 10.1. The topological polar surface area (TPSA) is 95.4 Å². The number of carboxylic acid groups (broad SMARTS) is 1. The Labute approximate surface area is 129 Å². The van der Waals surface area contributed by atoms with Crippen LogP contribution in [-0.4, -0.2) is 45.7 Å². The third-order valence-corrected chi connectivity index (χ3v) is 5.46. The Balaban J connectivity index is 2.20. The van der Waals surface area contributed by atoms with Gasteiger partial charge in [0.15, 0.2) is 0 Å². The molecular formula is C14H17N3O4S. The molecule has 22 heavy (non-hydrogen) atoms. The fourth-order valence-electron chi connectivity index (χ4n) is 3.02. The molecule has 0 spiro atoms. The van der Waals surface area contributed by atoms with Crippen molar-refractivity contribution in [3.63, 3.8) is 0 Å². The number of thiophene rings is 1. The second-order valence-corrected chi connectivity index (χ2v) is 6.73. The maximum atomic E-state index is 12.7. The van der Waals surface area contributed by atoms with Crippen LogP contribution >= 0.6 is 11.3 Å². The SMILES string of the molecule is Cc1c(C(=O)O)sc2[nH]c(=O)n(C3CCN(C)CC3)c(=O)c12. The largest absolute Gasteiger partial charge is 0.477 e. The summed E-state index contributed by atoms with van der Waals surface area (Å²) in [5.41, 5.74) is -0.407. The molecule has 0 saturated carbocycles. The van der Waals surface area contributed by atoms with Crippen molar-refractivity contribution in [2.24, 2.45) is 0 Å². The van der Waals surface area contributed by atoms with Gasteiger partial charge in [0.1, 0.15) is 9.71 Å². The number of H-pyrrole nitrogens is 1. The standard InChI is InChI=1S/C14H17N3O4S/c1-7-9-11(22-10(7)13(19)20)15-14(21)17(12(9)18)8-3-5-16(2)6-4-8/h8H,3-6H2,1-2H3,(H,15,21)(H,19,20). The molecule has 0 radical (unpaired) electrons. The van der Waals surface area contributed by atoms with E-state index >= 15 is 0 Å². The van der Waals surface area contributed by atoms with Gasteiger partial charge < -0.3 is 10.0 Å². The molecule has 0 aromatic carbocycles. The van der Waals surface area contributed by atoms with E-state index in [1.807, 2.05) is 7.05 Å². The minimum absolute atomic E-state index is 0.101. The Morgan fingerprint density at radius 2 is 1.95 bits per heavy atom. The molecule has 0 bridgehead atoms. The Bertz CT molecular complexity index is 855. The summed E-state index contributed by atoms with van der Waals surface area (Å²) in [6, 6.07) is -0.135. The predicted molar refractivity (Wildman–Crippen MR) is 84.2 cm³/mol. The van der Waals surface area contributed by atoms with Crippen LogP contribution in [0.1, 0.15) is 34.1 Å². The molecule has 2 aromatic heterocycles. The van der Waals surface area contributed by atoms with E-state index in [2.05, 4.69) is 9.88 Å². The van der Waals surface area contributed by atoms with Gasteiger partial charge in [0, 0.05) is 6.04 Å². The van der Waals surface area contributed by atoms with Gasteiger partial charge in [-0.2, -0.15) is 0 Å². The van der Waals surface area contributed by atoms with Crippen molar-refractivity contribution in [2.45, 2.75) is 25.8 Å². The van der Waals surface area contributed by atoms with E-state index in [4.69, 9.17) is 0 Å². The summed E-state index contributed by atoms with van der Waals surface area (Å²) in [6.07, 6.45) is 1.47. The molecule has 1 aliphatic rings. The van der Waals surface area contributed by atoms with Crippen molar-refractivity contribution in [1.82, 2.24) is 14.5 Å². The number of piperidine rings is 1. The molecule has 118 valence electrons. The highest BCUT2D eigenvalue weighted by Crippen LogP contribution is 2.27. The van der Waals surface area contributed by atoms with Crippen LogP contribution in [0.4, 0.5) is 0 Å². The van der Waals surface area contributed by atoms with Crippen LogP contribution in [-0.2, 0) is 0 Å². The molecule has 1 aliphatic heterocycles. The molecule has 1 saturated heterocycles. The number of hydrogen-bond donors (Lipinski definition) is 2. The minimum Gasteiger partial charge on any atom is -0.477 e. The summed E-state index contributed by atoms with van der Waals surface area (Å²) in [6.45, 7) is 3.27. The van der Waals surface area contributed by atoms with Gasteiger partial charge in [-0.3, -0.25) is 14.3 Å². The average Bonchev–Trinajstić information content (AvgIpc) is 2.78. The molecule has 0 aliphatic carbocycles. The molecule has 0 unspecified atom stereocenters. The molecule has 2 aromatic rings. The number of rotatable bonds is 2. The zero-order valence-electron chi connectivity index (χ0n) is 12.4. The van der Waals surface area contributed by atoms with E-state index in [1.54, 1.807) is 6.92 Å². The van der Waals surface area contributed by atoms with Crippen molar-refractivity contribution in [1.29, 1.82) is 0 Å². The Hall–Kier alpha value is -1.93. The molecular weight excluding hydrogens is 306 g/mol. The lowest BCUT2D eigenvalue weighted by Gasteiger charge is -2.29. The van der Waals surface area contributed by atoms with Crippen molar-refractivity contribution < 1.29 is 9.90 Å². The molecule has 2 N–H and O–H groups in total. The minimum atomic E-state index is -1.08. The van der Waals surface area contributed by atoms with Crippen LogP contribution in [0.2, 0.25) is 0 Å². The fraction of sp³-hybridized carbons (Fsp3) is 0.500. The number of aryl methyl sites for hydroxylation is 1. The van der Waals surface area contributed by atoms with Crippen LogP contribution in [0.3, 0.4) is 0 Å². The second-order valence-electron chi connectivity index (χ2n) is 5.71. The van der Waals surface area contributed by atoms with E-state index in [1.165, 1.54) is 4.57 Å². The Kier molecular flexibility index (Phi) is 3.65. The highest BCUT2D eigenvalue weighted by molar-refractivity contribution is 7.20. The van der Waals surface area contributed by atoms with Gasteiger partial charge in [0.25, 0.3) is 5.56 Å². The van der Waals surface area contributed by atoms with Crippen molar-refractivity contribution >= 4 is 27.5 Å². The molecule has 8 heteroatoms. The maximum absolute atomic E-state index is 12.7. The molecule has 1 fully saturated rings. The van der Waals surface area contributed by atoms with Gasteiger partial charge in [0.2, 0.25) is 0 Å². The summed E-state index contributed by atoms with van der Waals surface area (Å²) in [7, 11) is 2.01. The van der Waals surface area contributed by atoms with Crippen LogP contribution < -0.4 is 11.2 Å². The lowest BCUT2D eigenvalue weighted by Crippen LogP contribution is -2.42. The zero-order chi connectivity index (χ0) is 16.0. The van der Waals surface area contributed by atoms with Crippen LogP contribution in [0.25, 0.3) is 10.2 Å². The number of nitrogens with zero attached hydrogens (tertiary/aromatic N) is 2. The van der Waals surface area contributed by atoms with Crippen molar-refractivity contribution in [2.75, 3.05) is 20.1 Å². The second kappa shape index (κ2) is 5.36. The van der Waals surface area contributed by atoms with Gasteiger partial charge in [-0.15, -0.1) is 11.3 Å².